The van der Waals surface area contributed by atoms with Gasteiger partial charge in [0.2, 0.25) is 11.7 Å². The van der Waals surface area contributed by atoms with Crippen LogP contribution in [0.2, 0.25) is 0 Å². The lowest BCUT2D eigenvalue weighted by Gasteiger charge is -2.05. The molecule has 0 aliphatic carbocycles. The number of anilines is 1. The highest BCUT2D eigenvalue weighted by molar-refractivity contribution is 6.02. The number of aromatic nitrogens is 4. The van der Waals surface area contributed by atoms with Crippen LogP contribution in [0.25, 0.3) is 33.8 Å². The lowest BCUT2D eigenvalue weighted by atomic mass is 10.1. The molecule has 5 rings (SSSR count). The minimum atomic E-state index is -0.362. The van der Waals surface area contributed by atoms with Crippen molar-refractivity contribution in [2.24, 2.45) is 0 Å². The summed E-state index contributed by atoms with van der Waals surface area (Å²) >= 11 is 0. The van der Waals surface area contributed by atoms with Crippen LogP contribution in [0.1, 0.15) is 10.6 Å². The monoisotopic (exact) mass is 371 g/mol. The van der Waals surface area contributed by atoms with Gasteiger partial charge in [-0.05, 0) is 24.3 Å². The zero-order valence-corrected chi connectivity index (χ0v) is 14.4. The third kappa shape index (κ3) is 2.82. The van der Waals surface area contributed by atoms with E-state index in [0.717, 1.165) is 27.9 Å². The first-order valence-electron chi connectivity index (χ1n) is 8.47. The summed E-state index contributed by atoms with van der Waals surface area (Å²) in [5, 5.41) is 9.87. The molecule has 1 amide bonds. The van der Waals surface area contributed by atoms with Gasteiger partial charge in [0.1, 0.15) is 5.52 Å². The van der Waals surface area contributed by atoms with E-state index in [9.17, 15) is 4.79 Å². The van der Waals surface area contributed by atoms with E-state index in [1.54, 1.807) is 18.3 Å². The molecule has 0 bridgehead atoms. The summed E-state index contributed by atoms with van der Waals surface area (Å²) in [4.78, 5) is 20.3. The largest absolute Gasteiger partial charge is 0.438 e. The van der Waals surface area contributed by atoms with Gasteiger partial charge >= 0.3 is 0 Å². The van der Waals surface area contributed by atoms with Crippen molar-refractivity contribution >= 4 is 22.7 Å². The van der Waals surface area contributed by atoms with E-state index in [0.29, 0.717) is 11.6 Å². The number of rotatable bonds is 4. The van der Waals surface area contributed by atoms with Crippen molar-refractivity contribution in [2.75, 3.05) is 5.32 Å². The highest BCUT2D eigenvalue weighted by Gasteiger charge is 2.16. The van der Waals surface area contributed by atoms with Crippen LogP contribution in [-0.2, 0) is 0 Å². The number of nitrogens with one attached hydrogen (secondary N) is 2. The van der Waals surface area contributed by atoms with Crippen LogP contribution < -0.4 is 5.32 Å². The van der Waals surface area contributed by atoms with E-state index >= 15 is 0 Å². The van der Waals surface area contributed by atoms with Crippen molar-refractivity contribution in [3.8, 4) is 22.7 Å². The highest BCUT2D eigenvalue weighted by Crippen LogP contribution is 2.32. The third-order valence-electron chi connectivity index (χ3n) is 4.25. The topological polar surface area (TPSA) is 110 Å². The predicted molar refractivity (Wildman–Crippen MR) is 101 cm³/mol. The van der Waals surface area contributed by atoms with Gasteiger partial charge in [0.15, 0.2) is 12.0 Å². The van der Waals surface area contributed by atoms with Crippen LogP contribution in [0, 0.1) is 0 Å². The summed E-state index contributed by atoms with van der Waals surface area (Å²) < 4.78 is 10.8. The second-order valence-electron chi connectivity index (χ2n) is 6.04. The van der Waals surface area contributed by atoms with Crippen LogP contribution in [0.3, 0.4) is 0 Å². The van der Waals surface area contributed by atoms with Crippen molar-refractivity contribution in [2.45, 2.75) is 0 Å². The van der Waals surface area contributed by atoms with Gasteiger partial charge in [0, 0.05) is 11.3 Å². The van der Waals surface area contributed by atoms with Gasteiger partial charge in [-0.3, -0.25) is 9.89 Å². The predicted octanol–water partition coefficient (Wildman–Crippen LogP) is 4.13. The van der Waals surface area contributed by atoms with E-state index in [1.165, 1.54) is 12.6 Å². The van der Waals surface area contributed by atoms with E-state index in [1.807, 2.05) is 36.4 Å². The summed E-state index contributed by atoms with van der Waals surface area (Å²) in [6.45, 7) is 0. The molecule has 0 fully saturated rings. The number of carbonyl (C=O) groups is 1. The molecule has 28 heavy (non-hydrogen) atoms. The molecule has 0 atom stereocenters. The molecule has 5 aromatic rings. The highest BCUT2D eigenvalue weighted by atomic mass is 16.4. The number of amides is 1. The number of carbonyl (C=O) groups excluding carboxylic acids is 1. The Labute approximate surface area is 158 Å². The normalized spacial score (nSPS) is 11.0. The average molecular weight is 371 g/mol. The number of oxazole rings is 2. The number of aromatic amines is 1. The molecule has 3 heterocycles. The first-order valence-corrected chi connectivity index (χ1v) is 8.47. The molecule has 3 aromatic heterocycles. The van der Waals surface area contributed by atoms with Gasteiger partial charge in [0.05, 0.1) is 23.7 Å². The van der Waals surface area contributed by atoms with Crippen LogP contribution in [0.5, 0.6) is 0 Å². The number of benzene rings is 2. The summed E-state index contributed by atoms with van der Waals surface area (Å²) in [6.07, 6.45) is 4.25. The second-order valence-corrected chi connectivity index (χ2v) is 6.04. The van der Waals surface area contributed by atoms with Gasteiger partial charge in [-0.25, -0.2) is 9.97 Å². The third-order valence-corrected chi connectivity index (χ3v) is 4.25. The van der Waals surface area contributed by atoms with Crippen molar-refractivity contribution < 1.29 is 13.6 Å². The van der Waals surface area contributed by atoms with Gasteiger partial charge in [-0.15, -0.1) is 0 Å². The van der Waals surface area contributed by atoms with Crippen molar-refractivity contribution in [3.63, 3.8) is 0 Å². The number of fused-ring (bicyclic) bond motifs is 1. The molecule has 2 N–H and O–H groups in total. The fourth-order valence-electron chi connectivity index (χ4n) is 2.90. The van der Waals surface area contributed by atoms with Crippen LogP contribution in [-0.4, -0.2) is 26.1 Å². The van der Waals surface area contributed by atoms with Gasteiger partial charge < -0.3 is 14.2 Å². The molecule has 0 radical (unpaired) electrons. The lowest BCUT2D eigenvalue weighted by molar-refractivity contribution is 0.0996. The Bertz CT molecular complexity index is 1220. The maximum Gasteiger partial charge on any atom is 0.293 e. The quantitative estimate of drug-likeness (QED) is 0.492. The summed E-state index contributed by atoms with van der Waals surface area (Å²) in [6, 6.07) is 14.9. The molecule has 0 saturated carbocycles. The molecule has 0 aliphatic heterocycles. The number of para-hydroxylation sites is 2. The molecule has 0 unspecified atom stereocenters. The summed E-state index contributed by atoms with van der Waals surface area (Å²) in [7, 11) is 0. The zero-order valence-electron chi connectivity index (χ0n) is 14.4. The van der Waals surface area contributed by atoms with E-state index < -0.39 is 0 Å². The molecule has 8 nitrogen and oxygen atoms in total. The molecule has 136 valence electrons. The SMILES string of the molecule is O=C(Nc1ccc(-c2[nH]ncc2-c2nc3ccccc3o2)cc1)c1cnco1. The van der Waals surface area contributed by atoms with Crippen molar-refractivity contribution in [1.82, 2.24) is 20.2 Å². The fourth-order valence-corrected chi connectivity index (χ4v) is 2.90. The Morgan fingerprint density at radius 3 is 2.68 bits per heavy atom. The van der Waals surface area contributed by atoms with E-state index in [-0.39, 0.29) is 11.7 Å². The molecule has 2 aromatic carbocycles. The minimum absolute atomic E-state index is 0.149. The Hall–Kier alpha value is -4.20. The molecular weight excluding hydrogens is 358 g/mol. The molecule has 0 aliphatic rings. The first kappa shape index (κ1) is 16.0. The van der Waals surface area contributed by atoms with Crippen LogP contribution >= 0.6 is 0 Å². The Kier molecular flexibility index (Phi) is 3.72. The van der Waals surface area contributed by atoms with Crippen LogP contribution in [0.15, 0.2) is 76.2 Å². The van der Waals surface area contributed by atoms with Gasteiger partial charge in [-0.1, -0.05) is 24.3 Å². The zero-order chi connectivity index (χ0) is 18.9. The summed E-state index contributed by atoms with van der Waals surface area (Å²) in [5.74, 6) is 0.280. The number of hydrogen-bond donors (Lipinski definition) is 2. The Balaban J connectivity index is 1.43. The number of hydrogen-bond acceptors (Lipinski definition) is 6. The van der Waals surface area contributed by atoms with Crippen LogP contribution in [0.4, 0.5) is 5.69 Å². The Morgan fingerprint density at radius 1 is 1.04 bits per heavy atom. The van der Waals surface area contributed by atoms with Crippen molar-refractivity contribution in [1.29, 1.82) is 0 Å². The fraction of sp³-hybridized carbons (Fsp3) is 0. The molecule has 8 heteroatoms. The van der Waals surface area contributed by atoms with E-state index in [2.05, 4.69) is 25.5 Å². The number of H-pyrrole nitrogens is 1. The van der Waals surface area contributed by atoms with Crippen molar-refractivity contribution in [3.05, 3.63) is 73.1 Å². The Morgan fingerprint density at radius 2 is 1.89 bits per heavy atom. The maximum absolute atomic E-state index is 12.0. The lowest BCUT2D eigenvalue weighted by Crippen LogP contribution is -2.10. The first-order chi connectivity index (χ1) is 13.8. The average Bonchev–Trinajstić information content (AvgIpc) is 3.48. The van der Waals surface area contributed by atoms with Gasteiger partial charge in [0.25, 0.3) is 5.91 Å². The smallest absolute Gasteiger partial charge is 0.293 e. The van der Waals surface area contributed by atoms with Gasteiger partial charge in [-0.2, -0.15) is 5.10 Å². The standard InChI is InChI=1S/C20H13N5O3/c26-19(17-10-21-11-27-17)23-13-7-5-12(6-8-13)18-14(9-22-25-18)20-24-15-3-1-2-4-16(15)28-20/h1-11H,(H,22,25)(H,23,26). The second kappa shape index (κ2) is 6.51. The minimum Gasteiger partial charge on any atom is -0.438 e. The van der Waals surface area contributed by atoms with E-state index in [4.69, 9.17) is 8.83 Å². The maximum atomic E-state index is 12.0. The summed E-state index contributed by atoms with van der Waals surface area (Å²) in [5.41, 5.74) is 4.56. The molecular formula is C20H13N5O3. The number of nitrogens with zero attached hydrogens (tertiary/aromatic N) is 3. The molecule has 0 saturated heterocycles. The molecule has 0 spiro atoms.